The van der Waals surface area contributed by atoms with Gasteiger partial charge in [0.05, 0.1) is 0 Å². The van der Waals surface area contributed by atoms with Crippen molar-refractivity contribution >= 4 is 44.9 Å². The lowest BCUT2D eigenvalue weighted by molar-refractivity contribution is 0.971. The van der Waals surface area contributed by atoms with E-state index < -0.39 is 0 Å². The van der Waals surface area contributed by atoms with E-state index in [1.807, 2.05) is 12.1 Å². The molecule has 2 N–H and O–H groups in total. The number of aromatic nitrogens is 2. The molecule has 1 heterocycles. The molecule has 0 atom stereocenters. The average Bonchev–Trinajstić information content (AvgIpc) is 2.79. The van der Waals surface area contributed by atoms with Crippen LogP contribution in [-0.2, 0) is 12.2 Å². The summed E-state index contributed by atoms with van der Waals surface area (Å²) in [7, 11) is 0. The first kappa shape index (κ1) is 12.9. The van der Waals surface area contributed by atoms with Crippen LogP contribution in [0.3, 0.4) is 0 Å². The van der Waals surface area contributed by atoms with Crippen LogP contribution in [0.25, 0.3) is 0 Å². The highest BCUT2D eigenvalue weighted by Crippen LogP contribution is 2.30. The Morgan fingerprint density at radius 2 is 2.29 bits per heavy atom. The van der Waals surface area contributed by atoms with Crippen molar-refractivity contribution in [1.82, 2.24) is 9.36 Å². The molecule has 0 aliphatic heterocycles. The third-order valence-electron chi connectivity index (χ3n) is 2.23. The Balaban J connectivity index is 2.04. The molecule has 1 aromatic heterocycles. The number of benzene rings is 1. The molecular weight excluding hydrogens is 318 g/mol. The summed E-state index contributed by atoms with van der Waals surface area (Å²) in [6.45, 7) is 2.06. The van der Waals surface area contributed by atoms with E-state index >= 15 is 0 Å². The molecule has 6 heteroatoms. The SMILES string of the molecule is CCc1nsc(SCc2cccc(N)c2Br)n1. The maximum atomic E-state index is 5.83. The number of rotatable bonds is 4. The highest BCUT2D eigenvalue weighted by Gasteiger charge is 2.06. The predicted octanol–water partition coefficient (Wildman–Crippen LogP) is 3.74. The molecule has 0 aliphatic carbocycles. The van der Waals surface area contributed by atoms with Crippen LogP contribution in [0.1, 0.15) is 18.3 Å². The molecule has 0 radical (unpaired) electrons. The van der Waals surface area contributed by atoms with E-state index in [-0.39, 0.29) is 0 Å². The standard InChI is InChI=1S/C11H12BrN3S2/c1-2-9-14-11(17-15-9)16-6-7-4-3-5-8(13)10(7)12/h3-5H,2,6,13H2,1H3. The number of hydrogen-bond donors (Lipinski definition) is 1. The smallest absolute Gasteiger partial charge is 0.170 e. The van der Waals surface area contributed by atoms with Gasteiger partial charge in [0.1, 0.15) is 5.82 Å². The zero-order chi connectivity index (χ0) is 12.3. The van der Waals surface area contributed by atoms with Crippen molar-refractivity contribution < 1.29 is 0 Å². The van der Waals surface area contributed by atoms with E-state index in [1.165, 1.54) is 17.1 Å². The largest absolute Gasteiger partial charge is 0.398 e. The molecule has 3 nitrogen and oxygen atoms in total. The van der Waals surface area contributed by atoms with Gasteiger partial charge in [-0.1, -0.05) is 30.8 Å². The molecule has 0 unspecified atom stereocenters. The van der Waals surface area contributed by atoms with Gasteiger partial charge in [-0.2, -0.15) is 4.37 Å². The zero-order valence-corrected chi connectivity index (χ0v) is 12.5. The van der Waals surface area contributed by atoms with E-state index in [1.54, 1.807) is 11.8 Å². The number of anilines is 1. The second-order valence-corrected chi connectivity index (χ2v) is 6.21. The second-order valence-electron chi connectivity index (χ2n) is 3.44. The molecule has 0 fully saturated rings. The molecule has 2 aromatic rings. The number of hydrogen-bond acceptors (Lipinski definition) is 5. The van der Waals surface area contributed by atoms with Crippen molar-refractivity contribution in [3.63, 3.8) is 0 Å². The van der Waals surface area contributed by atoms with Crippen LogP contribution in [0.2, 0.25) is 0 Å². The Kier molecular flexibility index (Phi) is 4.42. The normalized spacial score (nSPS) is 10.7. The first-order chi connectivity index (χ1) is 8.20. The minimum absolute atomic E-state index is 0.773. The quantitative estimate of drug-likeness (QED) is 0.685. The number of nitrogens with two attached hydrogens (primary N) is 1. The van der Waals surface area contributed by atoms with Crippen LogP contribution in [-0.4, -0.2) is 9.36 Å². The summed E-state index contributed by atoms with van der Waals surface area (Å²) in [5.41, 5.74) is 7.79. The first-order valence-electron chi connectivity index (χ1n) is 5.19. The lowest BCUT2D eigenvalue weighted by atomic mass is 10.2. The fourth-order valence-electron chi connectivity index (χ4n) is 1.29. The average molecular weight is 330 g/mol. The monoisotopic (exact) mass is 329 g/mol. The third kappa shape index (κ3) is 3.20. The molecule has 0 spiro atoms. The van der Waals surface area contributed by atoms with E-state index in [0.29, 0.717) is 0 Å². The lowest BCUT2D eigenvalue weighted by Crippen LogP contribution is -1.90. The van der Waals surface area contributed by atoms with Crippen molar-refractivity contribution in [2.24, 2.45) is 0 Å². The van der Waals surface area contributed by atoms with E-state index in [9.17, 15) is 0 Å². The van der Waals surface area contributed by atoms with Gasteiger partial charge < -0.3 is 5.73 Å². The van der Waals surface area contributed by atoms with Crippen LogP contribution in [0.4, 0.5) is 5.69 Å². The molecule has 0 amide bonds. The van der Waals surface area contributed by atoms with Crippen molar-refractivity contribution in [1.29, 1.82) is 0 Å². The van der Waals surface area contributed by atoms with Gasteiger partial charge in [0.2, 0.25) is 0 Å². The summed E-state index contributed by atoms with van der Waals surface area (Å²) in [5, 5.41) is 0. The zero-order valence-electron chi connectivity index (χ0n) is 9.31. The molecule has 90 valence electrons. The van der Waals surface area contributed by atoms with Gasteiger partial charge in [-0.05, 0) is 39.1 Å². The van der Waals surface area contributed by atoms with Gasteiger partial charge in [-0.15, -0.1) is 0 Å². The van der Waals surface area contributed by atoms with Crippen molar-refractivity contribution in [2.45, 2.75) is 23.4 Å². The van der Waals surface area contributed by atoms with Crippen molar-refractivity contribution in [3.8, 4) is 0 Å². The summed E-state index contributed by atoms with van der Waals surface area (Å²) in [6, 6.07) is 5.92. The Bertz CT molecular complexity index is 513. The molecule has 0 saturated heterocycles. The summed E-state index contributed by atoms with van der Waals surface area (Å²) in [6.07, 6.45) is 0.888. The molecule has 1 aromatic carbocycles. The maximum Gasteiger partial charge on any atom is 0.170 e. The molecule has 2 rings (SSSR count). The Hall–Kier alpha value is -0.590. The van der Waals surface area contributed by atoms with Crippen molar-refractivity contribution in [3.05, 3.63) is 34.1 Å². The topological polar surface area (TPSA) is 51.8 Å². The van der Waals surface area contributed by atoms with Crippen LogP contribution >= 0.6 is 39.2 Å². The third-order valence-corrected chi connectivity index (χ3v) is 5.11. The van der Waals surface area contributed by atoms with Gasteiger partial charge in [-0.25, -0.2) is 4.98 Å². The van der Waals surface area contributed by atoms with Crippen LogP contribution in [0, 0.1) is 0 Å². The van der Waals surface area contributed by atoms with E-state index in [2.05, 4.69) is 38.3 Å². The lowest BCUT2D eigenvalue weighted by Gasteiger charge is -2.04. The van der Waals surface area contributed by atoms with Gasteiger partial charge in [0.15, 0.2) is 4.34 Å². The fourth-order valence-corrected chi connectivity index (χ4v) is 3.57. The molecule has 0 saturated carbocycles. The van der Waals surface area contributed by atoms with Crippen molar-refractivity contribution in [2.75, 3.05) is 5.73 Å². The van der Waals surface area contributed by atoms with E-state index in [0.717, 1.165) is 32.5 Å². The second kappa shape index (κ2) is 5.84. The van der Waals surface area contributed by atoms with Crippen LogP contribution < -0.4 is 5.73 Å². The highest BCUT2D eigenvalue weighted by molar-refractivity contribution is 9.10. The minimum atomic E-state index is 0.773. The number of nitrogen functional groups attached to an aromatic ring is 1. The fraction of sp³-hybridized carbons (Fsp3) is 0.273. The first-order valence-corrected chi connectivity index (χ1v) is 7.74. The number of thioether (sulfide) groups is 1. The summed E-state index contributed by atoms with van der Waals surface area (Å²) >= 11 is 6.65. The molecule has 17 heavy (non-hydrogen) atoms. The number of nitrogens with zero attached hydrogens (tertiary/aromatic N) is 2. The van der Waals surface area contributed by atoms with Gasteiger partial charge >= 0.3 is 0 Å². The Labute approximate surface area is 117 Å². The minimum Gasteiger partial charge on any atom is -0.398 e. The summed E-state index contributed by atoms with van der Waals surface area (Å²) < 4.78 is 6.25. The van der Waals surface area contributed by atoms with Crippen LogP contribution in [0.15, 0.2) is 27.0 Å². The number of aryl methyl sites for hydroxylation is 1. The van der Waals surface area contributed by atoms with Gasteiger partial charge in [-0.3, -0.25) is 0 Å². The van der Waals surface area contributed by atoms with Crippen LogP contribution in [0.5, 0.6) is 0 Å². The summed E-state index contributed by atoms with van der Waals surface area (Å²) in [5.74, 6) is 1.77. The molecule has 0 bridgehead atoms. The predicted molar refractivity (Wildman–Crippen MR) is 77.4 cm³/mol. The molecular formula is C11H12BrN3S2. The maximum absolute atomic E-state index is 5.83. The van der Waals surface area contributed by atoms with Gasteiger partial charge in [0.25, 0.3) is 0 Å². The highest BCUT2D eigenvalue weighted by atomic mass is 79.9. The van der Waals surface area contributed by atoms with Gasteiger partial charge in [0, 0.05) is 22.3 Å². The summed E-state index contributed by atoms with van der Waals surface area (Å²) in [4.78, 5) is 4.42. The van der Waals surface area contributed by atoms with E-state index in [4.69, 9.17) is 5.73 Å². The number of halogens is 1. The Morgan fingerprint density at radius 3 is 3.00 bits per heavy atom. The Morgan fingerprint density at radius 1 is 1.47 bits per heavy atom. The molecule has 0 aliphatic rings.